The molecule has 76 valence electrons. The zero-order chi connectivity index (χ0) is 9.52. The van der Waals surface area contributed by atoms with Gasteiger partial charge in [0.15, 0.2) is 6.29 Å². The van der Waals surface area contributed by atoms with Crippen LogP contribution in [0, 0.1) is 0 Å². The summed E-state index contributed by atoms with van der Waals surface area (Å²) >= 11 is 2.16. The van der Waals surface area contributed by atoms with E-state index in [1.807, 2.05) is 0 Å². The third-order valence-corrected chi connectivity index (χ3v) is 2.61. The first kappa shape index (κ1) is 11.4. The average Bonchev–Trinajstić information content (AvgIpc) is 2.17. The Morgan fingerprint density at radius 1 is 1.62 bits per heavy atom. The predicted molar refractivity (Wildman–Crippen MR) is 58.7 cm³/mol. The quantitative estimate of drug-likeness (QED) is 0.805. The summed E-state index contributed by atoms with van der Waals surface area (Å²) in [4.78, 5) is 0. The van der Waals surface area contributed by atoms with Crippen LogP contribution in [0.4, 0.5) is 0 Å². The van der Waals surface area contributed by atoms with Crippen molar-refractivity contribution in [1.29, 1.82) is 0 Å². The van der Waals surface area contributed by atoms with E-state index >= 15 is 0 Å². The molecule has 0 bridgehead atoms. The SMILES string of the molecule is OCC=C(I)COC1CCCCO1. The number of halogens is 1. The molecule has 0 radical (unpaired) electrons. The fraction of sp³-hybridized carbons (Fsp3) is 0.778. The van der Waals surface area contributed by atoms with Gasteiger partial charge in [-0.3, -0.25) is 0 Å². The van der Waals surface area contributed by atoms with Gasteiger partial charge >= 0.3 is 0 Å². The van der Waals surface area contributed by atoms with Gasteiger partial charge in [0.1, 0.15) is 0 Å². The summed E-state index contributed by atoms with van der Waals surface area (Å²) in [6, 6.07) is 0. The number of aliphatic hydroxyl groups excluding tert-OH is 1. The van der Waals surface area contributed by atoms with Gasteiger partial charge in [0.25, 0.3) is 0 Å². The molecule has 0 aromatic carbocycles. The summed E-state index contributed by atoms with van der Waals surface area (Å²) in [5.41, 5.74) is 0. The van der Waals surface area contributed by atoms with Crippen LogP contribution in [-0.4, -0.2) is 31.2 Å². The number of hydrogen-bond acceptors (Lipinski definition) is 3. The molecule has 1 atom stereocenters. The highest BCUT2D eigenvalue weighted by Crippen LogP contribution is 2.15. The summed E-state index contributed by atoms with van der Waals surface area (Å²) < 4.78 is 11.9. The molecule has 0 spiro atoms. The van der Waals surface area contributed by atoms with Crippen LogP contribution >= 0.6 is 22.6 Å². The molecule has 0 saturated carbocycles. The lowest BCUT2D eigenvalue weighted by molar-refractivity contribution is -0.155. The monoisotopic (exact) mass is 298 g/mol. The van der Waals surface area contributed by atoms with Crippen molar-refractivity contribution in [3.05, 3.63) is 9.66 Å². The van der Waals surface area contributed by atoms with Crippen molar-refractivity contribution in [1.82, 2.24) is 0 Å². The Kier molecular flexibility index (Phi) is 5.93. The number of rotatable bonds is 4. The van der Waals surface area contributed by atoms with Gasteiger partial charge in [0.2, 0.25) is 0 Å². The molecule has 1 fully saturated rings. The molecule has 0 amide bonds. The van der Waals surface area contributed by atoms with Crippen LogP contribution in [0.3, 0.4) is 0 Å². The molecule has 1 aliphatic heterocycles. The molecule has 4 heteroatoms. The lowest BCUT2D eigenvalue weighted by Gasteiger charge is -2.22. The van der Waals surface area contributed by atoms with Crippen molar-refractivity contribution in [3.8, 4) is 0 Å². The lowest BCUT2D eigenvalue weighted by Crippen LogP contribution is -2.22. The van der Waals surface area contributed by atoms with E-state index < -0.39 is 0 Å². The Balaban J connectivity index is 2.13. The molecule has 3 nitrogen and oxygen atoms in total. The Hall–Kier alpha value is 0.350. The minimum absolute atomic E-state index is 0.0365. The smallest absolute Gasteiger partial charge is 0.158 e. The van der Waals surface area contributed by atoms with E-state index in [1.165, 1.54) is 6.42 Å². The van der Waals surface area contributed by atoms with E-state index in [9.17, 15) is 0 Å². The van der Waals surface area contributed by atoms with Gasteiger partial charge in [-0.15, -0.1) is 0 Å². The van der Waals surface area contributed by atoms with Gasteiger partial charge in [0, 0.05) is 10.2 Å². The summed E-state index contributed by atoms with van der Waals surface area (Å²) in [7, 11) is 0. The molecular formula is C9H15IO3. The highest BCUT2D eigenvalue weighted by atomic mass is 127. The van der Waals surface area contributed by atoms with Crippen molar-refractivity contribution < 1.29 is 14.6 Å². The fourth-order valence-corrected chi connectivity index (χ4v) is 1.55. The molecule has 1 unspecified atom stereocenters. The molecule has 1 aliphatic rings. The van der Waals surface area contributed by atoms with Crippen molar-refractivity contribution in [2.45, 2.75) is 25.6 Å². The zero-order valence-corrected chi connectivity index (χ0v) is 9.70. The largest absolute Gasteiger partial charge is 0.392 e. The third kappa shape index (κ3) is 4.95. The van der Waals surface area contributed by atoms with Gasteiger partial charge in [0.05, 0.1) is 13.2 Å². The highest BCUT2D eigenvalue weighted by molar-refractivity contribution is 14.1. The average molecular weight is 298 g/mol. The van der Waals surface area contributed by atoms with E-state index in [0.717, 1.165) is 23.0 Å². The normalized spacial score (nSPS) is 24.8. The molecule has 1 N–H and O–H groups in total. The Bertz CT molecular complexity index is 164. The molecular weight excluding hydrogens is 283 g/mol. The van der Waals surface area contributed by atoms with Crippen molar-refractivity contribution in [2.75, 3.05) is 19.8 Å². The van der Waals surface area contributed by atoms with E-state index in [1.54, 1.807) is 6.08 Å². The Morgan fingerprint density at radius 2 is 2.46 bits per heavy atom. The van der Waals surface area contributed by atoms with Crippen molar-refractivity contribution >= 4 is 22.6 Å². The molecule has 0 aliphatic carbocycles. The minimum Gasteiger partial charge on any atom is -0.392 e. The molecule has 13 heavy (non-hydrogen) atoms. The molecule has 0 aromatic rings. The second-order valence-corrected chi connectivity index (χ2v) is 4.33. The van der Waals surface area contributed by atoms with Crippen molar-refractivity contribution in [3.63, 3.8) is 0 Å². The summed E-state index contributed by atoms with van der Waals surface area (Å²) in [5.74, 6) is 0. The van der Waals surface area contributed by atoms with Crippen molar-refractivity contribution in [2.24, 2.45) is 0 Å². The standard InChI is InChI=1S/C9H15IO3/c10-8(4-5-11)7-13-9-3-1-2-6-12-9/h4,9,11H,1-3,5-7H2. The second-order valence-electron chi connectivity index (χ2n) is 2.94. The summed E-state index contributed by atoms with van der Waals surface area (Å²) in [6.45, 7) is 1.43. The second kappa shape index (κ2) is 6.75. The maximum Gasteiger partial charge on any atom is 0.158 e. The fourth-order valence-electron chi connectivity index (χ4n) is 1.17. The number of aliphatic hydroxyl groups is 1. The number of ether oxygens (including phenoxy) is 2. The maximum atomic E-state index is 8.61. The first-order valence-electron chi connectivity index (χ1n) is 4.51. The Morgan fingerprint density at radius 3 is 3.08 bits per heavy atom. The van der Waals surface area contributed by atoms with E-state index in [2.05, 4.69) is 22.6 Å². The first-order valence-corrected chi connectivity index (χ1v) is 5.59. The minimum atomic E-state index is -0.0365. The zero-order valence-electron chi connectivity index (χ0n) is 7.54. The molecule has 1 rings (SSSR count). The van der Waals surface area contributed by atoms with Crippen LogP contribution in [0.25, 0.3) is 0 Å². The van der Waals surface area contributed by atoms with Gasteiger partial charge in [-0.1, -0.05) is 0 Å². The maximum absolute atomic E-state index is 8.61. The topological polar surface area (TPSA) is 38.7 Å². The van der Waals surface area contributed by atoms with Crippen LogP contribution in [0.1, 0.15) is 19.3 Å². The number of hydrogen-bond donors (Lipinski definition) is 1. The van der Waals surface area contributed by atoms with Crippen LogP contribution in [0.2, 0.25) is 0 Å². The van der Waals surface area contributed by atoms with Crippen LogP contribution < -0.4 is 0 Å². The first-order chi connectivity index (χ1) is 6.33. The Labute approximate surface area is 92.2 Å². The van der Waals surface area contributed by atoms with E-state index in [0.29, 0.717) is 6.61 Å². The predicted octanol–water partition coefficient (Wildman–Crippen LogP) is 1.84. The van der Waals surface area contributed by atoms with E-state index in [-0.39, 0.29) is 12.9 Å². The summed E-state index contributed by atoms with van der Waals surface area (Å²) in [5, 5.41) is 8.61. The molecule has 1 heterocycles. The van der Waals surface area contributed by atoms with Gasteiger partial charge in [-0.2, -0.15) is 0 Å². The lowest BCUT2D eigenvalue weighted by atomic mass is 10.2. The highest BCUT2D eigenvalue weighted by Gasteiger charge is 2.13. The van der Waals surface area contributed by atoms with Crippen LogP contribution in [-0.2, 0) is 9.47 Å². The van der Waals surface area contributed by atoms with Gasteiger partial charge in [-0.25, -0.2) is 0 Å². The third-order valence-electron chi connectivity index (χ3n) is 1.86. The summed E-state index contributed by atoms with van der Waals surface area (Å²) in [6.07, 6.45) is 5.02. The van der Waals surface area contributed by atoms with Gasteiger partial charge < -0.3 is 14.6 Å². The molecule has 1 saturated heterocycles. The van der Waals surface area contributed by atoms with Crippen LogP contribution in [0.5, 0.6) is 0 Å². The van der Waals surface area contributed by atoms with Crippen LogP contribution in [0.15, 0.2) is 9.66 Å². The van der Waals surface area contributed by atoms with E-state index in [4.69, 9.17) is 14.6 Å². The van der Waals surface area contributed by atoms with Gasteiger partial charge in [-0.05, 0) is 47.9 Å². The molecule has 0 aromatic heterocycles.